The number of nitrogens with one attached hydrogen (secondary N) is 1. The number of carbonyl (C=O) groups is 1. The minimum Gasteiger partial charge on any atom is -0.322 e. The molecule has 3 rings (SSSR count). The summed E-state index contributed by atoms with van der Waals surface area (Å²) in [5.74, 6) is -0.263. The van der Waals surface area contributed by atoms with Crippen molar-refractivity contribution in [3.05, 3.63) is 71.2 Å². The Balaban J connectivity index is 1.99. The number of nitrogens with zero attached hydrogens (tertiary/aromatic N) is 3. The van der Waals surface area contributed by atoms with E-state index in [1.165, 1.54) is 12.2 Å². The number of halogens is 3. The van der Waals surface area contributed by atoms with Gasteiger partial charge in [-0.1, -0.05) is 37.6 Å². The maximum Gasteiger partial charge on any atom is 0.413 e. The molecule has 0 saturated heterocycles. The number of benzene rings is 1. The Hall–Kier alpha value is -3.42. The normalized spacial score (nSPS) is 13.0. The number of hydrogen-bond acceptors (Lipinski definition) is 3. The van der Waals surface area contributed by atoms with Crippen LogP contribution < -0.4 is 5.32 Å². The fraction of sp³-hybridized carbons (Fsp3) is 0.292. The molecule has 2 heterocycles. The van der Waals surface area contributed by atoms with E-state index in [4.69, 9.17) is 0 Å². The maximum absolute atomic E-state index is 13.6. The Bertz CT molecular complexity index is 1210. The van der Waals surface area contributed by atoms with Gasteiger partial charge in [-0.15, -0.1) is 0 Å². The van der Waals surface area contributed by atoms with Gasteiger partial charge in [0.25, 0.3) is 5.91 Å². The first kappa shape index (κ1) is 23.2. The summed E-state index contributed by atoms with van der Waals surface area (Å²) in [4.78, 5) is 21.7. The van der Waals surface area contributed by atoms with Crippen LogP contribution in [0.15, 0.2) is 60.1 Å². The zero-order valence-corrected chi connectivity index (χ0v) is 18.4. The molecule has 0 aliphatic carbocycles. The molecular formula is C24H25F3N4O. The van der Waals surface area contributed by atoms with E-state index in [9.17, 15) is 18.0 Å². The van der Waals surface area contributed by atoms with Gasteiger partial charge in [0.1, 0.15) is 0 Å². The van der Waals surface area contributed by atoms with E-state index in [0.717, 1.165) is 16.7 Å². The summed E-state index contributed by atoms with van der Waals surface area (Å²) in [5, 5.41) is 2.66. The smallest absolute Gasteiger partial charge is 0.322 e. The zero-order chi connectivity index (χ0) is 23.5. The van der Waals surface area contributed by atoms with Gasteiger partial charge in [0.2, 0.25) is 5.78 Å². The topological polar surface area (TPSA) is 59.3 Å². The average Bonchev–Trinajstić information content (AvgIpc) is 3.14. The molecule has 0 atom stereocenters. The minimum absolute atomic E-state index is 0.233. The fourth-order valence-corrected chi connectivity index (χ4v) is 3.39. The van der Waals surface area contributed by atoms with Gasteiger partial charge in [0.05, 0.1) is 5.69 Å². The van der Waals surface area contributed by atoms with Gasteiger partial charge in [-0.2, -0.15) is 13.2 Å². The molecule has 0 unspecified atom stereocenters. The molecule has 0 bridgehead atoms. The monoisotopic (exact) mass is 442 g/mol. The summed E-state index contributed by atoms with van der Waals surface area (Å²) >= 11 is 0. The molecule has 0 fully saturated rings. The average molecular weight is 442 g/mol. The second kappa shape index (κ2) is 9.38. The van der Waals surface area contributed by atoms with Crippen LogP contribution in [0.3, 0.4) is 0 Å². The predicted octanol–water partition coefficient (Wildman–Crippen LogP) is 6.19. The summed E-state index contributed by atoms with van der Waals surface area (Å²) in [6.07, 6.45) is 3.55. The molecule has 1 aromatic carbocycles. The van der Waals surface area contributed by atoms with Crippen LogP contribution in [0.2, 0.25) is 0 Å². The molecule has 32 heavy (non-hydrogen) atoms. The predicted molar refractivity (Wildman–Crippen MR) is 119 cm³/mol. The molecule has 8 heteroatoms. The number of allylic oxidation sites excluding steroid dienone is 2. The third-order valence-electron chi connectivity index (χ3n) is 4.97. The first-order chi connectivity index (χ1) is 15.1. The van der Waals surface area contributed by atoms with E-state index in [1.807, 2.05) is 25.4 Å². The number of alkyl halides is 3. The second-order valence-corrected chi connectivity index (χ2v) is 7.59. The van der Waals surface area contributed by atoms with Crippen molar-refractivity contribution in [1.82, 2.24) is 14.4 Å². The van der Waals surface area contributed by atoms with Crippen molar-refractivity contribution in [2.75, 3.05) is 5.32 Å². The molecule has 3 aromatic rings. The summed E-state index contributed by atoms with van der Waals surface area (Å²) < 4.78 is 42.6. The summed E-state index contributed by atoms with van der Waals surface area (Å²) in [5.41, 5.74) is 2.29. The van der Waals surface area contributed by atoms with E-state index in [-0.39, 0.29) is 18.4 Å². The van der Waals surface area contributed by atoms with Crippen LogP contribution in [0.25, 0.3) is 17.0 Å². The first-order valence-corrected chi connectivity index (χ1v) is 10.3. The number of amides is 1. The Morgan fingerprint density at radius 3 is 2.62 bits per heavy atom. The van der Waals surface area contributed by atoms with Crippen molar-refractivity contribution in [2.24, 2.45) is 0 Å². The van der Waals surface area contributed by atoms with Crippen LogP contribution >= 0.6 is 0 Å². The molecule has 168 valence electrons. The van der Waals surface area contributed by atoms with Crippen molar-refractivity contribution in [3.8, 4) is 11.3 Å². The number of carbonyl (C=O) groups excluding carboxylic acids is 1. The summed E-state index contributed by atoms with van der Waals surface area (Å²) in [6, 6.07) is 5.35. The van der Waals surface area contributed by atoms with Crippen LogP contribution in [-0.4, -0.2) is 26.5 Å². The highest BCUT2D eigenvalue weighted by molar-refractivity contribution is 6.07. The van der Waals surface area contributed by atoms with Crippen LogP contribution in [0.4, 0.5) is 18.9 Å². The number of fused-ring (bicyclic) bond motifs is 1. The van der Waals surface area contributed by atoms with E-state index in [2.05, 4.69) is 15.3 Å². The van der Waals surface area contributed by atoms with E-state index in [0.29, 0.717) is 17.2 Å². The lowest BCUT2D eigenvalue weighted by Gasteiger charge is -2.16. The van der Waals surface area contributed by atoms with Crippen molar-refractivity contribution < 1.29 is 18.0 Å². The zero-order valence-electron chi connectivity index (χ0n) is 18.4. The van der Waals surface area contributed by atoms with Crippen LogP contribution in [-0.2, 0) is 4.79 Å². The van der Waals surface area contributed by atoms with Gasteiger partial charge < -0.3 is 5.32 Å². The van der Waals surface area contributed by atoms with Crippen LogP contribution in [0, 0.1) is 13.8 Å². The third kappa shape index (κ3) is 5.07. The summed E-state index contributed by atoms with van der Waals surface area (Å²) in [7, 11) is 0. The second-order valence-electron chi connectivity index (χ2n) is 7.59. The number of hydrogen-bond donors (Lipinski definition) is 1. The Kier molecular flexibility index (Phi) is 6.81. The Labute approximate surface area is 184 Å². The Morgan fingerprint density at radius 2 is 1.97 bits per heavy atom. The molecule has 0 spiro atoms. The molecule has 5 nitrogen and oxygen atoms in total. The molecule has 0 aliphatic rings. The lowest BCUT2D eigenvalue weighted by atomic mass is 10.0. The number of anilines is 1. The lowest BCUT2D eigenvalue weighted by Crippen LogP contribution is -2.22. The minimum atomic E-state index is -4.58. The molecule has 0 saturated carbocycles. The maximum atomic E-state index is 13.6. The van der Waals surface area contributed by atoms with E-state index < -0.39 is 17.7 Å². The molecular weight excluding hydrogens is 417 g/mol. The lowest BCUT2D eigenvalue weighted by molar-refractivity contribution is -0.115. The summed E-state index contributed by atoms with van der Waals surface area (Å²) in [6.45, 7) is 6.94. The highest BCUT2D eigenvalue weighted by Crippen LogP contribution is 2.33. The highest BCUT2D eigenvalue weighted by Gasteiger charge is 2.36. The molecule has 1 N–H and O–H groups in total. The van der Waals surface area contributed by atoms with Gasteiger partial charge in [-0.25, -0.2) is 9.97 Å². The van der Waals surface area contributed by atoms with E-state index >= 15 is 0 Å². The van der Waals surface area contributed by atoms with Crippen molar-refractivity contribution >= 4 is 17.4 Å². The Morgan fingerprint density at radius 1 is 1.22 bits per heavy atom. The first-order valence-electron chi connectivity index (χ1n) is 10.3. The number of aryl methyl sites for hydroxylation is 2. The number of aromatic nitrogens is 3. The highest BCUT2D eigenvalue weighted by atomic mass is 19.4. The van der Waals surface area contributed by atoms with Crippen molar-refractivity contribution in [3.63, 3.8) is 0 Å². The van der Waals surface area contributed by atoms with E-state index in [1.54, 1.807) is 43.5 Å². The standard InChI is InChI=1S/C24H25F3N4O/c1-5-7-18(19(8-6-2)24(25,26)27)22(32)29-20-11-17(10-9-16(20)4)21-14-31-13-15(3)12-28-23(31)30-21/h5,7,9-14H,6,8H2,1-4H3,(H,29,32)/b7-5-,19-18-. The molecule has 1 amide bonds. The van der Waals surface area contributed by atoms with Crippen molar-refractivity contribution in [1.29, 1.82) is 0 Å². The van der Waals surface area contributed by atoms with Crippen molar-refractivity contribution in [2.45, 2.75) is 46.7 Å². The largest absolute Gasteiger partial charge is 0.413 e. The quantitative estimate of drug-likeness (QED) is 0.366. The third-order valence-corrected chi connectivity index (χ3v) is 4.97. The molecule has 0 aliphatic heterocycles. The number of imidazole rings is 1. The van der Waals surface area contributed by atoms with Gasteiger partial charge in [-0.3, -0.25) is 9.20 Å². The molecule has 2 aromatic heterocycles. The van der Waals surface area contributed by atoms with Crippen LogP contribution in [0.1, 0.15) is 37.8 Å². The molecule has 0 radical (unpaired) electrons. The number of rotatable bonds is 6. The van der Waals surface area contributed by atoms with Gasteiger partial charge in [0.15, 0.2) is 0 Å². The van der Waals surface area contributed by atoms with Gasteiger partial charge in [-0.05, 0) is 44.4 Å². The van der Waals surface area contributed by atoms with Crippen LogP contribution in [0.5, 0.6) is 0 Å². The fourth-order valence-electron chi connectivity index (χ4n) is 3.39. The van der Waals surface area contributed by atoms with Gasteiger partial charge in [0, 0.05) is 41.0 Å². The SMILES string of the molecule is C/C=C\C(C(=O)Nc1cc(-c2cn3cc(C)cnc3n2)ccc1C)=C(/CCC)C(F)(F)F. The van der Waals surface area contributed by atoms with Gasteiger partial charge >= 0.3 is 6.18 Å².